The second kappa shape index (κ2) is 30.1. The van der Waals surface area contributed by atoms with Gasteiger partial charge in [-0.1, -0.05) is 121 Å². The molecule has 21 nitrogen and oxygen atoms in total. The summed E-state index contributed by atoms with van der Waals surface area (Å²) in [5.74, 6) is -0.447. The van der Waals surface area contributed by atoms with Crippen LogP contribution in [0, 0.1) is 0 Å². The van der Waals surface area contributed by atoms with Crippen LogP contribution in [0.2, 0.25) is 0 Å². The van der Waals surface area contributed by atoms with Crippen molar-refractivity contribution < 1.29 is 81.7 Å². The van der Waals surface area contributed by atoms with Gasteiger partial charge in [0.25, 0.3) is 0 Å². The fourth-order valence-electron chi connectivity index (χ4n) is 13.8. The summed E-state index contributed by atoms with van der Waals surface area (Å²) < 4.78 is 42.3. The lowest BCUT2D eigenvalue weighted by Gasteiger charge is -2.39. The van der Waals surface area contributed by atoms with E-state index in [1.54, 1.807) is 155 Å². The number of amides is 2. The number of nitrogens with zero attached hydrogens (tertiary/aromatic N) is 4. The average Bonchev–Trinajstić information content (AvgIpc) is 1.61. The highest BCUT2D eigenvalue weighted by molar-refractivity contribution is 8.14. The van der Waals surface area contributed by atoms with Gasteiger partial charge in [-0.05, 0) is 150 Å². The van der Waals surface area contributed by atoms with E-state index >= 15 is 0 Å². The lowest BCUT2D eigenvalue weighted by atomic mass is 9.77. The number of aromatic hydroxyl groups is 1. The maximum atomic E-state index is 13.6. The zero-order valence-corrected chi connectivity index (χ0v) is 61.9. The Labute approximate surface area is 636 Å². The van der Waals surface area contributed by atoms with E-state index in [1.807, 2.05) is 120 Å². The molecule has 2 saturated heterocycles. The van der Waals surface area contributed by atoms with Crippen molar-refractivity contribution in [3.8, 4) is 34.5 Å². The zero-order valence-electron chi connectivity index (χ0n) is 60.2. The first kappa shape index (κ1) is 73.6. The molecule has 2 N–H and O–H groups in total. The minimum atomic E-state index is -1.31. The van der Waals surface area contributed by atoms with E-state index < -0.39 is 46.3 Å². The Morgan fingerprint density at radius 1 is 0.413 bits per heavy atom. The summed E-state index contributed by atoms with van der Waals surface area (Å²) in [5.41, 5.74) is 4.68. The van der Waals surface area contributed by atoms with Gasteiger partial charge in [0.1, 0.15) is 45.7 Å². The summed E-state index contributed by atoms with van der Waals surface area (Å²) in [5, 5.41) is 18.8. The number of phenolic OH excluding ortho intramolecular Hbond substituents is 1. The Kier molecular flexibility index (Phi) is 20.3. The molecule has 16 rings (SSSR count). The van der Waals surface area contributed by atoms with Crippen molar-refractivity contribution >= 4 is 81.2 Å². The van der Waals surface area contributed by atoms with Crippen molar-refractivity contribution in [2.45, 2.75) is 73.7 Å². The first-order valence-corrected chi connectivity index (χ1v) is 36.9. The Hall–Kier alpha value is -12.3. The molecule has 552 valence electrons. The number of fused-ring (bicyclic) bond motifs is 12. The van der Waals surface area contributed by atoms with Crippen LogP contribution in [0.25, 0.3) is 0 Å². The van der Waals surface area contributed by atoms with Gasteiger partial charge in [-0.2, -0.15) is 0 Å². The van der Waals surface area contributed by atoms with Gasteiger partial charge in [0.05, 0.1) is 22.3 Å². The molecule has 0 aromatic heterocycles. The number of esters is 3. The number of benzene rings is 10. The molecule has 2 spiro atoms. The third-order valence-electron chi connectivity index (χ3n) is 18.8. The number of carboxylic acid groups (broad SMARTS) is 1. The maximum Gasteiger partial charge on any atom is 0.410 e. The molecular formula is C86H74N4O17S2. The van der Waals surface area contributed by atoms with Gasteiger partial charge in [-0.15, -0.1) is 0 Å². The maximum absolute atomic E-state index is 13.6. The largest absolute Gasteiger partial charge is 0.508 e. The number of carboxylic acids is 1. The summed E-state index contributed by atoms with van der Waals surface area (Å²) in [6, 6.07) is 67.1. The average molecular weight is 1500 g/mol. The van der Waals surface area contributed by atoms with E-state index in [-0.39, 0.29) is 45.0 Å². The van der Waals surface area contributed by atoms with Crippen LogP contribution in [-0.4, -0.2) is 130 Å². The van der Waals surface area contributed by atoms with Gasteiger partial charge in [-0.3, -0.25) is 9.59 Å². The number of anilines is 2. The molecule has 0 aliphatic carbocycles. The number of ether oxygens (including phenoxy) is 7. The minimum Gasteiger partial charge on any atom is -0.508 e. The summed E-state index contributed by atoms with van der Waals surface area (Å²) in [6.07, 6.45) is -0.642. The van der Waals surface area contributed by atoms with Crippen LogP contribution in [0.1, 0.15) is 137 Å². The molecule has 10 aromatic rings. The summed E-state index contributed by atoms with van der Waals surface area (Å²) in [6.45, 7) is 15.6. The monoisotopic (exact) mass is 1500 g/mol. The van der Waals surface area contributed by atoms with E-state index in [0.29, 0.717) is 130 Å². The second-order valence-electron chi connectivity index (χ2n) is 28.2. The van der Waals surface area contributed by atoms with E-state index in [9.17, 15) is 43.5 Å². The van der Waals surface area contributed by atoms with Crippen molar-refractivity contribution in [1.29, 1.82) is 0 Å². The molecule has 0 bridgehead atoms. The van der Waals surface area contributed by atoms with Crippen LogP contribution in [0.5, 0.6) is 34.5 Å². The fraction of sp³-hybridized carbons (Fsp3) is 0.209. The topological polar surface area (TPSA) is 255 Å². The molecule has 2 unspecified atom stereocenters. The summed E-state index contributed by atoms with van der Waals surface area (Å²) in [4.78, 5) is 110. The normalized spacial score (nSPS) is 16.9. The molecule has 10 aromatic carbocycles. The Balaban J connectivity index is 0.000000155. The van der Waals surface area contributed by atoms with E-state index in [4.69, 9.17) is 38.3 Å². The lowest BCUT2D eigenvalue weighted by Crippen LogP contribution is -2.50. The molecule has 6 heterocycles. The molecule has 6 aliphatic heterocycles. The molecule has 2 atom stereocenters. The summed E-state index contributed by atoms with van der Waals surface area (Å²) >= 11 is 1.89. The van der Waals surface area contributed by atoms with Crippen LogP contribution in [0.15, 0.2) is 240 Å². The van der Waals surface area contributed by atoms with E-state index in [0.717, 1.165) is 46.0 Å². The lowest BCUT2D eigenvalue weighted by molar-refractivity contribution is 0.0214. The number of piperazine rings is 2. The number of carbonyl (C=O) groups excluding carboxylic acids is 7. The molecular weight excluding hydrogens is 1430 g/mol. The van der Waals surface area contributed by atoms with E-state index in [2.05, 4.69) is 9.80 Å². The van der Waals surface area contributed by atoms with Crippen LogP contribution in [-0.2, 0) is 30.1 Å². The van der Waals surface area contributed by atoms with Crippen LogP contribution < -0.4 is 24.0 Å². The Morgan fingerprint density at radius 2 is 0.789 bits per heavy atom. The van der Waals surface area contributed by atoms with Crippen LogP contribution >= 0.6 is 23.5 Å². The van der Waals surface area contributed by atoms with Gasteiger partial charge in [0.15, 0.2) is 11.2 Å². The van der Waals surface area contributed by atoms with Gasteiger partial charge in [0.2, 0.25) is 10.2 Å². The first-order valence-electron chi connectivity index (χ1n) is 35.3. The Bertz CT molecular complexity index is 5260. The minimum absolute atomic E-state index is 0.0596. The second-order valence-corrected chi connectivity index (χ2v) is 30.3. The molecule has 2 amide bonds. The zero-order chi connectivity index (χ0) is 76.5. The molecule has 0 radical (unpaired) electrons. The number of hydrogen-bond donors (Lipinski definition) is 2. The number of rotatable bonds is 9. The highest BCUT2D eigenvalue weighted by atomic mass is 32.2. The Morgan fingerprint density at radius 3 is 1.24 bits per heavy atom. The van der Waals surface area contributed by atoms with Crippen molar-refractivity contribution in [2.75, 3.05) is 62.2 Å². The SMILES string of the molecule is CC(C)(C)OC(=O)N1CCN(c2ccc3c(c2)Oc2cc(O)ccc2C32OC(=O)c3ccccc32)CC1.CC(C)(C)OC(=O)N1CCN(c2ccc3c(c2)Oc2cc(OC(=O)c4ccccc4SC(=O)c4ccccc4)ccc2C32OC(=O)c3ccccc32)CC1.O=C(Sc1ccccc1C(=O)O)c1ccccc1. The van der Waals surface area contributed by atoms with Crippen molar-refractivity contribution in [1.82, 2.24) is 9.80 Å². The van der Waals surface area contributed by atoms with Crippen molar-refractivity contribution in [2.24, 2.45) is 0 Å². The van der Waals surface area contributed by atoms with Crippen LogP contribution in [0.4, 0.5) is 21.0 Å². The predicted octanol–water partition coefficient (Wildman–Crippen LogP) is 16.8. The van der Waals surface area contributed by atoms with Crippen LogP contribution in [0.3, 0.4) is 0 Å². The third-order valence-corrected chi connectivity index (χ3v) is 20.8. The number of phenols is 1. The number of hydrogen-bond acceptors (Lipinski definition) is 20. The smallest absolute Gasteiger partial charge is 0.410 e. The van der Waals surface area contributed by atoms with Gasteiger partial charge >= 0.3 is 36.1 Å². The highest BCUT2D eigenvalue weighted by Gasteiger charge is 2.55. The van der Waals surface area contributed by atoms with Crippen molar-refractivity contribution in [3.05, 3.63) is 297 Å². The first-order chi connectivity index (χ1) is 52.3. The molecule has 6 aliphatic rings. The third kappa shape index (κ3) is 15.1. The summed E-state index contributed by atoms with van der Waals surface area (Å²) in [7, 11) is 0. The number of aromatic carboxylic acids is 1. The number of carbonyl (C=O) groups is 8. The van der Waals surface area contributed by atoms with Gasteiger partial charge in [0, 0.05) is 142 Å². The number of thioether (sulfide) groups is 2. The van der Waals surface area contributed by atoms with Gasteiger partial charge in [-0.25, -0.2) is 28.8 Å². The molecule has 2 fully saturated rings. The van der Waals surface area contributed by atoms with E-state index in [1.165, 1.54) is 6.07 Å². The standard InChI is InChI=1S/C43H36N2O8S.C29H28N2O6.C14H10O3S/c1-42(2,3)53-41(49)45-23-21-44(22-24-45)28-17-19-33-35(25-28)51-36-26-29(18-20-34(36)43(33)32-15-9-7-13-30(32)39(47)52-43)50-38(46)31-14-8-10-16-37(31)54-40(48)27-11-5-4-6-12-27;1-28(2,3)37-27(34)31-14-12-30(13-15-31)18-8-10-22-24(16-18)35-25-17-19(32)9-11-23(25)29(22)21-7-5-4-6-20(21)26(33)36-29;15-13(16)11-8-4-5-9-12(11)18-14(17)10-6-2-1-3-7-10/h4-20,25-26H,21-24H2,1-3H3;4-11,16-17,32H,12-15H2,1-3H3;1-9H,(H,15,16). The molecule has 23 heteroatoms. The van der Waals surface area contributed by atoms with Crippen molar-refractivity contribution in [3.63, 3.8) is 0 Å². The quantitative estimate of drug-likeness (QED) is 0.0589. The highest BCUT2D eigenvalue weighted by Crippen LogP contribution is 2.59. The molecule has 109 heavy (non-hydrogen) atoms. The van der Waals surface area contributed by atoms with Gasteiger partial charge < -0.3 is 63.0 Å². The fourth-order valence-corrected chi connectivity index (χ4v) is 15.5. The predicted molar refractivity (Wildman–Crippen MR) is 409 cm³/mol. The molecule has 0 saturated carbocycles.